The van der Waals surface area contributed by atoms with E-state index < -0.39 is 0 Å². The average molecular weight is 227 g/mol. The van der Waals surface area contributed by atoms with E-state index in [-0.39, 0.29) is 0 Å². The van der Waals surface area contributed by atoms with Crippen LogP contribution < -0.4 is 5.32 Å². The van der Waals surface area contributed by atoms with Crippen LogP contribution in [-0.4, -0.2) is 10.2 Å². The molecular weight excluding hydrogens is 210 g/mol. The lowest BCUT2D eigenvalue weighted by Gasteiger charge is -2.14. The normalized spacial score (nSPS) is 16.8. The highest BCUT2D eigenvalue weighted by atomic mass is 15.2. The summed E-state index contributed by atoms with van der Waals surface area (Å²) in [5.74, 6) is 0.936. The Hall–Kier alpha value is -1.77. The highest BCUT2D eigenvalue weighted by Gasteiger charge is 2.39. The van der Waals surface area contributed by atoms with Crippen molar-refractivity contribution < 1.29 is 0 Å². The molecule has 2 N–H and O–H groups in total. The minimum absolute atomic E-state index is 0.415. The number of hydrogen-bond acceptors (Lipinski definition) is 2. The first-order valence-electron chi connectivity index (χ1n) is 6.05. The molecular formula is C14H17N3. The van der Waals surface area contributed by atoms with Crippen LogP contribution in [0.5, 0.6) is 0 Å². The molecule has 0 atom stereocenters. The van der Waals surface area contributed by atoms with Gasteiger partial charge >= 0.3 is 0 Å². The van der Waals surface area contributed by atoms with Crippen LogP contribution in [0.25, 0.3) is 0 Å². The molecule has 1 saturated carbocycles. The van der Waals surface area contributed by atoms with Gasteiger partial charge in [0.1, 0.15) is 5.82 Å². The topological polar surface area (TPSA) is 40.7 Å². The summed E-state index contributed by atoms with van der Waals surface area (Å²) in [4.78, 5) is 0. The van der Waals surface area contributed by atoms with E-state index in [4.69, 9.17) is 0 Å². The van der Waals surface area contributed by atoms with Crippen LogP contribution >= 0.6 is 0 Å². The molecule has 1 heterocycles. The molecule has 0 bridgehead atoms. The van der Waals surface area contributed by atoms with Gasteiger partial charge in [0.15, 0.2) is 0 Å². The number of rotatable bonds is 3. The highest BCUT2D eigenvalue weighted by Crippen LogP contribution is 2.48. The van der Waals surface area contributed by atoms with E-state index in [1.807, 2.05) is 6.07 Å². The predicted octanol–water partition coefficient (Wildman–Crippen LogP) is 3.51. The number of aromatic amines is 1. The fourth-order valence-corrected chi connectivity index (χ4v) is 2.08. The summed E-state index contributed by atoms with van der Waals surface area (Å²) >= 11 is 0. The van der Waals surface area contributed by atoms with Crippen molar-refractivity contribution in [2.45, 2.75) is 32.1 Å². The molecule has 0 aliphatic heterocycles. The summed E-state index contributed by atoms with van der Waals surface area (Å²) in [5, 5.41) is 10.2. The van der Waals surface area contributed by atoms with Crippen molar-refractivity contribution >= 4 is 11.5 Å². The third kappa shape index (κ3) is 1.93. The molecule has 3 heteroatoms. The van der Waals surface area contributed by atoms with Gasteiger partial charge in [0.2, 0.25) is 0 Å². The van der Waals surface area contributed by atoms with E-state index in [0.29, 0.717) is 5.41 Å². The number of nitrogens with zero attached hydrogens (tertiary/aromatic N) is 1. The summed E-state index contributed by atoms with van der Waals surface area (Å²) in [5.41, 5.74) is 4.27. The minimum atomic E-state index is 0.415. The van der Waals surface area contributed by atoms with Gasteiger partial charge in [-0.1, -0.05) is 19.1 Å². The second-order valence-corrected chi connectivity index (χ2v) is 5.19. The first-order chi connectivity index (χ1) is 8.17. The maximum Gasteiger partial charge on any atom is 0.125 e. The Bertz CT molecular complexity index is 524. The second-order valence-electron chi connectivity index (χ2n) is 5.19. The molecule has 1 aromatic heterocycles. The van der Waals surface area contributed by atoms with Crippen molar-refractivity contribution in [2.75, 3.05) is 5.32 Å². The summed E-state index contributed by atoms with van der Waals surface area (Å²) in [7, 11) is 0. The highest BCUT2D eigenvalue weighted by molar-refractivity contribution is 5.62. The number of H-pyrrole nitrogens is 1. The monoisotopic (exact) mass is 227 g/mol. The molecule has 0 unspecified atom stereocenters. The van der Waals surface area contributed by atoms with Crippen LogP contribution in [-0.2, 0) is 5.41 Å². The van der Waals surface area contributed by atoms with Crippen LogP contribution in [0.1, 0.15) is 30.9 Å². The van der Waals surface area contributed by atoms with Gasteiger partial charge in [-0.15, -0.1) is 0 Å². The third-order valence-electron chi connectivity index (χ3n) is 3.70. The van der Waals surface area contributed by atoms with Crippen molar-refractivity contribution in [3.63, 3.8) is 0 Å². The molecule has 0 saturated heterocycles. The summed E-state index contributed by atoms with van der Waals surface area (Å²) in [6.07, 6.45) is 4.36. The van der Waals surface area contributed by atoms with Crippen molar-refractivity contribution in [1.29, 1.82) is 0 Å². The lowest BCUT2D eigenvalue weighted by Crippen LogP contribution is -2.02. The van der Waals surface area contributed by atoms with Crippen LogP contribution in [0, 0.1) is 6.92 Å². The number of nitrogens with one attached hydrogen (secondary N) is 2. The molecule has 88 valence electrons. The molecule has 0 radical (unpaired) electrons. The van der Waals surface area contributed by atoms with Crippen LogP contribution in [0.2, 0.25) is 0 Å². The average Bonchev–Trinajstić information content (AvgIpc) is 2.88. The lowest BCUT2D eigenvalue weighted by molar-refractivity contribution is 0.788. The molecule has 2 aromatic rings. The lowest BCUT2D eigenvalue weighted by atomic mass is 9.96. The van der Waals surface area contributed by atoms with Gasteiger partial charge in [-0.3, -0.25) is 5.10 Å². The zero-order chi connectivity index (χ0) is 11.9. The Balaban J connectivity index is 1.92. The summed E-state index contributed by atoms with van der Waals surface area (Å²) in [6, 6.07) is 8.65. The Labute approximate surface area is 101 Å². The molecule has 0 amide bonds. The molecule has 0 spiro atoms. The van der Waals surface area contributed by atoms with Crippen LogP contribution in [0.15, 0.2) is 30.5 Å². The molecule has 17 heavy (non-hydrogen) atoms. The molecule has 1 aliphatic carbocycles. The van der Waals surface area contributed by atoms with E-state index in [1.54, 1.807) is 6.20 Å². The van der Waals surface area contributed by atoms with Gasteiger partial charge in [0.25, 0.3) is 0 Å². The van der Waals surface area contributed by atoms with E-state index in [9.17, 15) is 0 Å². The summed E-state index contributed by atoms with van der Waals surface area (Å²) < 4.78 is 0. The van der Waals surface area contributed by atoms with Gasteiger partial charge in [0.05, 0.1) is 6.20 Å². The first kappa shape index (κ1) is 10.4. The van der Waals surface area contributed by atoms with Gasteiger partial charge in [0, 0.05) is 11.8 Å². The predicted molar refractivity (Wildman–Crippen MR) is 69.6 cm³/mol. The zero-order valence-corrected chi connectivity index (χ0v) is 10.2. The summed E-state index contributed by atoms with van der Waals surface area (Å²) in [6.45, 7) is 4.45. The second kappa shape index (κ2) is 3.62. The van der Waals surface area contributed by atoms with Crippen LogP contribution in [0.4, 0.5) is 11.5 Å². The van der Waals surface area contributed by atoms with E-state index in [1.165, 1.54) is 29.7 Å². The number of aryl methyl sites for hydroxylation is 1. The number of anilines is 2. The fourth-order valence-electron chi connectivity index (χ4n) is 2.08. The number of hydrogen-bond donors (Lipinski definition) is 2. The Kier molecular flexibility index (Phi) is 2.21. The van der Waals surface area contributed by atoms with Gasteiger partial charge in [-0.2, -0.15) is 5.10 Å². The maximum atomic E-state index is 3.94. The molecule has 1 aromatic carbocycles. The Morgan fingerprint density at radius 2 is 2.12 bits per heavy atom. The quantitative estimate of drug-likeness (QED) is 0.842. The molecule has 3 nitrogen and oxygen atoms in total. The zero-order valence-electron chi connectivity index (χ0n) is 10.2. The van der Waals surface area contributed by atoms with Gasteiger partial charge in [-0.05, 0) is 42.4 Å². The smallest absolute Gasteiger partial charge is 0.125 e. The van der Waals surface area contributed by atoms with Gasteiger partial charge < -0.3 is 5.32 Å². The molecule has 1 fully saturated rings. The van der Waals surface area contributed by atoms with Gasteiger partial charge in [-0.25, -0.2) is 0 Å². The van der Waals surface area contributed by atoms with Crippen LogP contribution in [0.3, 0.4) is 0 Å². The fraction of sp³-hybridized carbons (Fsp3) is 0.357. The van der Waals surface area contributed by atoms with Crippen molar-refractivity contribution in [2.24, 2.45) is 0 Å². The number of benzene rings is 1. The Morgan fingerprint density at radius 1 is 1.29 bits per heavy atom. The Morgan fingerprint density at radius 3 is 2.76 bits per heavy atom. The largest absolute Gasteiger partial charge is 0.340 e. The minimum Gasteiger partial charge on any atom is -0.340 e. The van der Waals surface area contributed by atoms with E-state index in [0.717, 1.165) is 5.82 Å². The standard InChI is InChI=1S/C14H17N3/c1-10-3-4-11(14(2)6-7-14)9-12(10)16-13-5-8-15-17-13/h3-5,8-9H,6-7H2,1-2H3,(H2,15,16,17). The van der Waals surface area contributed by atoms with Crippen molar-refractivity contribution in [3.05, 3.63) is 41.6 Å². The third-order valence-corrected chi connectivity index (χ3v) is 3.70. The SMILES string of the molecule is Cc1ccc(C2(C)CC2)cc1Nc1ccn[nH]1. The molecule has 3 rings (SSSR count). The van der Waals surface area contributed by atoms with E-state index >= 15 is 0 Å². The number of aromatic nitrogens is 2. The van der Waals surface area contributed by atoms with Crippen molar-refractivity contribution in [1.82, 2.24) is 10.2 Å². The maximum absolute atomic E-state index is 3.94. The first-order valence-corrected chi connectivity index (χ1v) is 6.05. The van der Waals surface area contributed by atoms with Crippen molar-refractivity contribution in [3.8, 4) is 0 Å². The van der Waals surface area contributed by atoms with E-state index in [2.05, 4.69) is 47.6 Å². The molecule has 1 aliphatic rings.